The van der Waals surface area contributed by atoms with Crippen LogP contribution in [0.15, 0.2) is 36.5 Å². The zero-order chi connectivity index (χ0) is 19.7. The fraction of sp³-hybridized carbons (Fsp3) is 0. The van der Waals surface area contributed by atoms with Crippen LogP contribution in [0.25, 0.3) is 0 Å². The predicted octanol–water partition coefficient (Wildman–Crippen LogP) is -0.865. The summed E-state index contributed by atoms with van der Waals surface area (Å²) in [6, 6.07) is 0. The molecule has 12 nitrogen and oxygen atoms in total. The summed E-state index contributed by atoms with van der Waals surface area (Å²) in [5.41, 5.74) is 0. The molecule has 160 valence electrons. The van der Waals surface area contributed by atoms with Crippen molar-refractivity contribution in [1.29, 1.82) is 0 Å². The summed E-state index contributed by atoms with van der Waals surface area (Å²) in [5.74, 6) is -7.54. The van der Waals surface area contributed by atoms with E-state index in [0.717, 1.165) is 0 Å². The van der Waals surface area contributed by atoms with Gasteiger partial charge in [-0.15, -0.1) is 0 Å². The minimum absolute atomic E-state index is 0. The van der Waals surface area contributed by atoms with Gasteiger partial charge in [-0.2, -0.15) is 0 Å². The molecule has 0 aliphatic carbocycles. The fourth-order valence-electron chi connectivity index (χ4n) is 0.428. The summed E-state index contributed by atoms with van der Waals surface area (Å²) in [7, 11) is 0. The first-order valence-corrected chi connectivity index (χ1v) is 5.30. The van der Waals surface area contributed by atoms with Crippen molar-refractivity contribution in [1.82, 2.24) is 0 Å². The van der Waals surface area contributed by atoms with Crippen molar-refractivity contribution in [2.75, 3.05) is 0 Å². The maximum absolute atomic E-state index is 9.55. The third-order valence-corrected chi connectivity index (χ3v) is 1.11. The normalized spacial score (nSPS) is 8.77. The van der Waals surface area contributed by atoms with Gasteiger partial charge in [-0.3, -0.25) is 0 Å². The van der Waals surface area contributed by atoms with E-state index in [9.17, 15) is 28.8 Å². The van der Waals surface area contributed by atoms with Crippen LogP contribution < -0.4 is 0 Å². The summed E-state index contributed by atoms with van der Waals surface area (Å²) >= 11 is 0. The average Bonchev–Trinajstić information content (AvgIpc) is 2.42. The molecule has 0 fully saturated rings. The topological polar surface area (TPSA) is 224 Å². The quantitative estimate of drug-likeness (QED) is 0.187. The van der Waals surface area contributed by atoms with Gasteiger partial charge in [0.15, 0.2) is 0 Å². The van der Waals surface area contributed by atoms with E-state index >= 15 is 0 Å². The Kier molecular flexibility index (Phi) is 33.4. The molecule has 0 amide bonds. The smallest absolute Gasteiger partial charge is 0.328 e. The van der Waals surface area contributed by atoms with Crippen molar-refractivity contribution < 1.29 is 153 Å². The van der Waals surface area contributed by atoms with Gasteiger partial charge in [0.1, 0.15) is 0 Å². The molecule has 0 unspecified atom stereocenters. The molecule has 0 saturated heterocycles. The molecule has 0 saturated carbocycles. The van der Waals surface area contributed by atoms with E-state index in [4.69, 9.17) is 30.6 Å². The Morgan fingerprint density at radius 3 is 0.462 bits per heavy atom. The minimum Gasteiger partial charge on any atom is -0.478 e. The van der Waals surface area contributed by atoms with Gasteiger partial charge in [-0.05, 0) is 0 Å². The summed E-state index contributed by atoms with van der Waals surface area (Å²) in [6.07, 6.45) is 3.35. The summed E-state index contributed by atoms with van der Waals surface area (Å²) in [6.45, 7) is 0. The number of carboxylic acid groups (broad SMARTS) is 6. The van der Waals surface area contributed by atoms with Gasteiger partial charge < -0.3 is 30.6 Å². The van der Waals surface area contributed by atoms with Gasteiger partial charge in [-0.1, -0.05) is 0 Å². The van der Waals surface area contributed by atoms with E-state index < -0.39 is 35.8 Å². The standard InChI is InChI=1S/3C4H4O4.2Yb/c3*5-3(6)1-2-4(7)8;;/h3*1-2H,(H,5,6)(H,7,8);;/b3*2-1-;;. The third kappa shape index (κ3) is 56.8. The average molecular weight is 694 g/mol. The largest absolute Gasteiger partial charge is 0.478 e. The molecule has 0 aromatic rings. The molecule has 0 bridgehead atoms. The molecule has 0 aliphatic rings. The number of carboxylic acids is 6. The van der Waals surface area contributed by atoms with Crippen molar-refractivity contribution in [2.24, 2.45) is 0 Å². The van der Waals surface area contributed by atoms with Crippen molar-refractivity contribution in [3.63, 3.8) is 0 Å². The first kappa shape index (κ1) is 36.1. The van der Waals surface area contributed by atoms with Crippen LogP contribution in [0.1, 0.15) is 0 Å². The van der Waals surface area contributed by atoms with E-state index in [0.29, 0.717) is 36.5 Å². The van der Waals surface area contributed by atoms with Gasteiger partial charge in [0.2, 0.25) is 0 Å². The molecule has 0 heterocycles. The van der Waals surface area contributed by atoms with Crippen molar-refractivity contribution in [2.45, 2.75) is 0 Å². The summed E-state index contributed by atoms with van der Waals surface area (Å²) in [5, 5.41) is 46.9. The maximum atomic E-state index is 9.55. The number of hydrogen-bond donors (Lipinski definition) is 6. The van der Waals surface area contributed by atoms with Crippen LogP contribution in [0, 0.1) is 93.8 Å². The molecule has 26 heavy (non-hydrogen) atoms. The van der Waals surface area contributed by atoms with E-state index in [1.165, 1.54) is 0 Å². The molecule has 14 heteroatoms. The first-order chi connectivity index (χ1) is 10.9. The second kappa shape index (κ2) is 24.1. The Hall–Kier alpha value is -0.921. The van der Waals surface area contributed by atoms with E-state index in [1.807, 2.05) is 0 Å². The van der Waals surface area contributed by atoms with Crippen LogP contribution in [0.3, 0.4) is 0 Å². The molecule has 0 radical (unpaired) electrons. The van der Waals surface area contributed by atoms with Gasteiger partial charge in [0.25, 0.3) is 0 Å². The molecular formula is C12H12O12Yb2. The Morgan fingerprint density at radius 1 is 0.346 bits per heavy atom. The van der Waals surface area contributed by atoms with Crippen molar-refractivity contribution >= 4 is 35.8 Å². The predicted molar refractivity (Wildman–Crippen MR) is 73.2 cm³/mol. The molecule has 0 rings (SSSR count). The van der Waals surface area contributed by atoms with Gasteiger partial charge >= 0.3 is 35.8 Å². The third-order valence-electron chi connectivity index (χ3n) is 1.11. The SMILES string of the molecule is O=C(O)/C=C\C(=O)O.O=C(O)/C=C\C(=O)O.O=C(O)/C=C\C(=O)O.[Yb].[Yb]. The zero-order valence-corrected chi connectivity index (χ0v) is 15.6. The maximum Gasteiger partial charge on any atom is 0.328 e. The van der Waals surface area contributed by atoms with Crippen LogP contribution in [0.2, 0.25) is 0 Å². The van der Waals surface area contributed by atoms with E-state index in [-0.39, 0.29) is 93.8 Å². The molecule has 0 spiro atoms. The second-order valence-electron chi connectivity index (χ2n) is 3.03. The summed E-state index contributed by atoms with van der Waals surface area (Å²) < 4.78 is 0. The zero-order valence-electron chi connectivity index (χ0n) is 12.1. The monoisotopic (exact) mass is 696 g/mol. The Bertz CT molecular complexity index is 448. The van der Waals surface area contributed by atoms with Gasteiger partial charge in [0.05, 0.1) is 0 Å². The van der Waals surface area contributed by atoms with Gasteiger partial charge in [0, 0.05) is 130 Å². The van der Waals surface area contributed by atoms with Crippen LogP contribution in [0.4, 0.5) is 0 Å². The van der Waals surface area contributed by atoms with Gasteiger partial charge in [-0.25, -0.2) is 28.8 Å². The molecule has 0 aromatic heterocycles. The van der Waals surface area contributed by atoms with Crippen LogP contribution in [0.5, 0.6) is 0 Å². The molecule has 0 atom stereocenters. The summed E-state index contributed by atoms with van der Waals surface area (Å²) in [4.78, 5) is 57.3. The molecule has 0 aliphatic heterocycles. The fourth-order valence-corrected chi connectivity index (χ4v) is 0.428. The Labute approximate surface area is 222 Å². The molecular weight excluding hydrogens is 682 g/mol. The number of aliphatic carboxylic acids is 6. The van der Waals surface area contributed by atoms with Crippen LogP contribution in [-0.2, 0) is 28.8 Å². The van der Waals surface area contributed by atoms with Crippen molar-refractivity contribution in [3.05, 3.63) is 36.5 Å². The van der Waals surface area contributed by atoms with Crippen molar-refractivity contribution in [3.8, 4) is 0 Å². The van der Waals surface area contributed by atoms with Crippen LogP contribution in [-0.4, -0.2) is 66.5 Å². The number of carbonyl (C=O) groups is 6. The Morgan fingerprint density at radius 2 is 0.423 bits per heavy atom. The molecule has 6 N–H and O–H groups in total. The number of hydrogen-bond acceptors (Lipinski definition) is 6. The first-order valence-electron chi connectivity index (χ1n) is 5.30. The Balaban J connectivity index is -0.0000000817. The second-order valence-corrected chi connectivity index (χ2v) is 3.03. The minimum atomic E-state index is -1.26. The number of rotatable bonds is 6. The van der Waals surface area contributed by atoms with E-state index in [2.05, 4.69) is 0 Å². The van der Waals surface area contributed by atoms with E-state index in [1.54, 1.807) is 0 Å². The van der Waals surface area contributed by atoms with Crippen LogP contribution >= 0.6 is 0 Å². The molecule has 0 aromatic carbocycles.